The van der Waals surface area contributed by atoms with E-state index in [1.54, 1.807) is 0 Å². The third-order valence-corrected chi connectivity index (χ3v) is 0.999. The molecule has 0 saturated carbocycles. The first-order valence-electron chi connectivity index (χ1n) is 3.51. The van der Waals surface area contributed by atoms with E-state index in [0.717, 1.165) is 0 Å². The smallest absolute Gasteiger partial charge is 0.548 e. The first-order valence-corrected chi connectivity index (χ1v) is 3.51. The summed E-state index contributed by atoms with van der Waals surface area (Å²) in [5, 5.41) is 35.0. The summed E-state index contributed by atoms with van der Waals surface area (Å²) in [6.07, 6.45) is 0. The zero-order valence-electron chi connectivity index (χ0n) is 7.96. The Morgan fingerprint density at radius 2 is 1.20 bits per heavy atom. The van der Waals surface area contributed by atoms with E-state index in [0.29, 0.717) is 0 Å². The van der Waals surface area contributed by atoms with Crippen LogP contribution in [0.3, 0.4) is 0 Å². The van der Waals surface area contributed by atoms with Crippen LogP contribution in [-0.4, -0.2) is 47.4 Å². The van der Waals surface area contributed by atoms with E-state index in [1.165, 1.54) is 0 Å². The third kappa shape index (κ3) is 13.4. The molecule has 0 radical (unpaired) electrons. The molecule has 2 atom stereocenters. The second kappa shape index (κ2) is 11.5. The molecule has 0 aliphatic rings. The summed E-state index contributed by atoms with van der Waals surface area (Å²) in [4.78, 5) is 19.1. The van der Waals surface area contributed by atoms with Crippen LogP contribution in [0, 0.1) is 0 Å². The van der Waals surface area contributed by atoms with Crippen LogP contribution in [0.5, 0.6) is 0 Å². The molecule has 9 heteroatoms. The van der Waals surface area contributed by atoms with Crippen LogP contribution in [0.15, 0.2) is 0 Å². The number of aliphatic hydroxyl groups is 2. The average molecular weight is 274 g/mol. The van der Waals surface area contributed by atoms with Crippen molar-refractivity contribution < 1.29 is 49.5 Å². The Morgan fingerprint density at radius 1 is 1.00 bits per heavy atom. The van der Waals surface area contributed by atoms with Crippen molar-refractivity contribution in [2.45, 2.75) is 12.1 Å². The summed E-state index contributed by atoms with van der Waals surface area (Å²) in [6.45, 7) is -1.13. The summed E-state index contributed by atoms with van der Waals surface area (Å²) in [6, 6.07) is -2.47. The summed E-state index contributed by atoms with van der Waals surface area (Å²) in [7, 11) is 0. The van der Waals surface area contributed by atoms with E-state index in [2.05, 4.69) is 0 Å². The number of aliphatic hydroxyl groups excluding tert-OH is 2. The maximum Gasteiger partial charge on any atom is 2.00 e. The Labute approximate surface area is 98.6 Å². The molecule has 0 rings (SSSR count). The zero-order chi connectivity index (χ0) is 11.7. The molecule has 0 bridgehead atoms. The van der Waals surface area contributed by atoms with Gasteiger partial charge in [-0.25, -0.2) is 0 Å². The molecule has 0 saturated heterocycles. The summed E-state index contributed by atoms with van der Waals surface area (Å²) >= 11 is 0. The molecule has 6 N–H and O–H groups in total. The zero-order valence-corrected chi connectivity index (χ0v) is 10.9. The van der Waals surface area contributed by atoms with Crippen molar-refractivity contribution in [2.75, 3.05) is 13.2 Å². The number of rotatable bonds is 4. The normalized spacial score (nSPS) is 12.5. The van der Waals surface area contributed by atoms with Gasteiger partial charge in [0.15, 0.2) is 0 Å². The van der Waals surface area contributed by atoms with E-state index in [-0.39, 0.29) is 19.5 Å². The molecule has 0 heterocycles. The molecule has 0 aliphatic heterocycles. The fourth-order valence-electron chi connectivity index (χ4n) is 0.149. The number of carboxylic acid groups (broad SMARTS) is 2. The van der Waals surface area contributed by atoms with Gasteiger partial charge in [0.25, 0.3) is 0 Å². The van der Waals surface area contributed by atoms with Gasteiger partial charge in [0.05, 0.1) is 37.2 Å². The fourth-order valence-corrected chi connectivity index (χ4v) is 0.149. The minimum Gasteiger partial charge on any atom is -0.548 e. The topological polar surface area (TPSA) is 173 Å². The molecule has 0 unspecified atom stereocenters. The van der Waals surface area contributed by atoms with Gasteiger partial charge in [0, 0.05) is 0 Å². The number of carbonyl (C=O) groups excluding carboxylic acids is 2. The Hall–Kier alpha value is -0.597. The Morgan fingerprint density at radius 3 is 1.20 bits per heavy atom. The molecule has 0 spiro atoms. The summed E-state index contributed by atoms with van der Waals surface area (Å²) < 4.78 is 0. The van der Waals surface area contributed by atoms with Crippen LogP contribution >= 0.6 is 0 Å². The SMILES string of the molecule is N[C@@H](CO)C(=O)[O-].N[C@@H](CO)C(=O)[O-].[Zn+2]. The standard InChI is InChI=1S/2C3H7NO3.Zn/c2*4-2(1-5)3(6)7;/h2*2,5H,1,4H2,(H,6,7);/q;;+2/p-2/t2*2-;/m00./s1. The van der Waals surface area contributed by atoms with Crippen molar-refractivity contribution in [2.24, 2.45) is 11.5 Å². The van der Waals surface area contributed by atoms with E-state index >= 15 is 0 Å². The van der Waals surface area contributed by atoms with Crippen LogP contribution in [0.25, 0.3) is 0 Å². The molecule has 0 amide bonds. The number of carbonyl (C=O) groups is 2. The quantitative estimate of drug-likeness (QED) is 0.366. The maximum atomic E-state index is 9.53. The Bertz CT molecular complexity index is 170. The van der Waals surface area contributed by atoms with Crippen LogP contribution in [0.1, 0.15) is 0 Å². The summed E-state index contributed by atoms with van der Waals surface area (Å²) in [5.74, 6) is -2.86. The van der Waals surface area contributed by atoms with E-state index in [1.807, 2.05) is 0 Å². The van der Waals surface area contributed by atoms with E-state index in [9.17, 15) is 19.8 Å². The van der Waals surface area contributed by atoms with Crippen LogP contribution in [0.4, 0.5) is 0 Å². The van der Waals surface area contributed by atoms with Crippen LogP contribution in [0.2, 0.25) is 0 Å². The molecule has 15 heavy (non-hydrogen) atoms. The van der Waals surface area contributed by atoms with Crippen molar-refractivity contribution in [1.82, 2.24) is 0 Å². The number of hydrogen-bond donors (Lipinski definition) is 4. The van der Waals surface area contributed by atoms with Gasteiger partial charge in [-0.15, -0.1) is 0 Å². The van der Waals surface area contributed by atoms with Gasteiger partial charge in [-0.2, -0.15) is 0 Å². The van der Waals surface area contributed by atoms with Crippen molar-refractivity contribution in [3.63, 3.8) is 0 Å². The van der Waals surface area contributed by atoms with Crippen LogP contribution in [-0.2, 0) is 29.1 Å². The first kappa shape index (κ1) is 19.9. The predicted molar refractivity (Wildman–Crippen MR) is 40.1 cm³/mol. The number of aliphatic carboxylic acids is 2. The van der Waals surface area contributed by atoms with Gasteiger partial charge in [0.1, 0.15) is 0 Å². The molecular weight excluding hydrogens is 261 g/mol. The number of hydrogen-bond acceptors (Lipinski definition) is 8. The molecule has 0 aliphatic carbocycles. The van der Waals surface area contributed by atoms with Gasteiger partial charge >= 0.3 is 19.5 Å². The van der Waals surface area contributed by atoms with Gasteiger partial charge in [0.2, 0.25) is 0 Å². The number of nitrogens with two attached hydrogens (primary N) is 2. The van der Waals surface area contributed by atoms with Crippen LogP contribution < -0.4 is 21.7 Å². The van der Waals surface area contributed by atoms with Gasteiger partial charge in [-0.05, 0) is 0 Å². The Balaban J connectivity index is -0.000000180. The first-order chi connectivity index (χ1) is 6.36. The molecule has 0 aromatic heterocycles. The monoisotopic (exact) mass is 272 g/mol. The molecular formula is C6H12N2O6Zn. The predicted octanol–water partition coefficient (Wildman–Crippen LogP) is -5.89. The average Bonchev–Trinajstić information content (AvgIpc) is 2.15. The van der Waals surface area contributed by atoms with Gasteiger partial charge in [-0.1, -0.05) is 0 Å². The molecule has 0 aromatic carbocycles. The minimum atomic E-state index is -1.43. The van der Waals surface area contributed by atoms with Crippen molar-refractivity contribution in [3.8, 4) is 0 Å². The van der Waals surface area contributed by atoms with E-state index in [4.69, 9.17) is 21.7 Å². The molecule has 84 valence electrons. The maximum absolute atomic E-state index is 9.53. The second-order valence-corrected chi connectivity index (χ2v) is 2.22. The molecule has 0 aromatic rings. The van der Waals surface area contributed by atoms with Gasteiger partial charge < -0.3 is 41.5 Å². The largest absolute Gasteiger partial charge is 2.00 e. The Kier molecular flexibility index (Phi) is 15.2. The van der Waals surface area contributed by atoms with Crippen molar-refractivity contribution in [3.05, 3.63) is 0 Å². The number of carboxylic acids is 2. The van der Waals surface area contributed by atoms with E-state index < -0.39 is 37.2 Å². The molecule has 0 fully saturated rings. The van der Waals surface area contributed by atoms with Gasteiger partial charge in [-0.3, -0.25) is 0 Å². The van der Waals surface area contributed by atoms with Crippen molar-refractivity contribution >= 4 is 11.9 Å². The third-order valence-electron chi connectivity index (χ3n) is 0.999. The summed E-state index contributed by atoms with van der Waals surface area (Å²) in [5.41, 5.74) is 9.41. The fraction of sp³-hybridized carbons (Fsp3) is 0.667. The minimum absolute atomic E-state index is 0. The van der Waals surface area contributed by atoms with Crippen molar-refractivity contribution in [1.29, 1.82) is 0 Å². The second-order valence-electron chi connectivity index (χ2n) is 2.22. The molecule has 8 nitrogen and oxygen atoms in total.